The molecule has 0 spiro atoms. The fourth-order valence-corrected chi connectivity index (χ4v) is 3.23. The van der Waals surface area contributed by atoms with Gasteiger partial charge in [0.05, 0.1) is 23.2 Å². The molecule has 0 radical (unpaired) electrons. The van der Waals surface area contributed by atoms with Crippen molar-refractivity contribution in [3.63, 3.8) is 0 Å². The number of aromatic nitrogens is 2. The smallest absolute Gasteiger partial charge is 0.338 e. The predicted octanol–water partition coefficient (Wildman–Crippen LogP) is 5.28. The van der Waals surface area contributed by atoms with Gasteiger partial charge in [-0.15, -0.1) is 0 Å². The molecule has 154 valence electrons. The zero-order valence-electron chi connectivity index (χ0n) is 16.7. The van der Waals surface area contributed by atoms with E-state index in [-0.39, 0.29) is 18.4 Å². The van der Waals surface area contributed by atoms with Crippen molar-refractivity contribution >= 4 is 17.0 Å². The number of esters is 1. The highest BCUT2D eigenvalue weighted by atomic mass is 16.6. The van der Waals surface area contributed by atoms with Crippen molar-refractivity contribution in [2.45, 2.75) is 13.5 Å². The lowest BCUT2D eigenvalue weighted by molar-refractivity contribution is 0.0525. The van der Waals surface area contributed by atoms with Crippen molar-refractivity contribution < 1.29 is 23.7 Å². The van der Waals surface area contributed by atoms with Crippen molar-refractivity contribution in [2.24, 2.45) is 0 Å². The van der Waals surface area contributed by atoms with Crippen LogP contribution in [0.3, 0.4) is 0 Å². The van der Waals surface area contributed by atoms with Crippen LogP contribution in [0.25, 0.3) is 11.0 Å². The number of hydrogen-bond donors (Lipinski definition) is 0. The van der Waals surface area contributed by atoms with Crippen molar-refractivity contribution in [2.75, 3.05) is 6.61 Å². The van der Waals surface area contributed by atoms with Crippen LogP contribution in [0.2, 0.25) is 0 Å². The van der Waals surface area contributed by atoms with Gasteiger partial charge in [-0.1, -0.05) is 42.5 Å². The Kier molecular flexibility index (Phi) is 4.84. The molecule has 0 saturated heterocycles. The van der Waals surface area contributed by atoms with Gasteiger partial charge in [-0.25, -0.2) is 14.8 Å². The highest BCUT2D eigenvalue weighted by Gasteiger charge is 2.28. The molecule has 2 heterocycles. The van der Waals surface area contributed by atoms with E-state index in [0.29, 0.717) is 40.5 Å². The van der Waals surface area contributed by atoms with Gasteiger partial charge in [0, 0.05) is 0 Å². The van der Waals surface area contributed by atoms with E-state index in [9.17, 15) is 4.79 Å². The first-order chi connectivity index (χ1) is 15.2. The van der Waals surface area contributed by atoms with Gasteiger partial charge in [0.25, 0.3) is 11.8 Å². The van der Waals surface area contributed by atoms with Crippen LogP contribution in [-0.4, -0.2) is 22.5 Å². The maximum absolute atomic E-state index is 12.4. The number of hydrogen-bond acceptors (Lipinski definition) is 7. The predicted molar refractivity (Wildman–Crippen MR) is 113 cm³/mol. The summed E-state index contributed by atoms with van der Waals surface area (Å²) in [6, 6.07) is 20.3. The van der Waals surface area contributed by atoms with E-state index in [1.54, 1.807) is 19.1 Å². The quantitative estimate of drug-likeness (QED) is 0.362. The number of ether oxygens (including phenoxy) is 4. The molecule has 31 heavy (non-hydrogen) atoms. The van der Waals surface area contributed by atoms with E-state index in [1.807, 2.05) is 54.6 Å². The van der Waals surface area contributed by atoms with Crippen molar-refractivity contribution in [1.29, 1.82) is 0 Å². The molecule has 1 aliphatic heterocycles. The molecule has 0 N–H and O–H groups in total. The summed E-state index contributed by atoms with van der Waals surface area (Å²) in [5.41, 5.74) is 2.63. The van der Waals surface area contributed by atoms with Crippen LogP contribution in [0.1, 0.15) is 22.8 Å². The third-order valence-electron chi connectivity index (χ3n) is 4.68. The van der Waals surface area contributed by atoms with Crippen LogP contribution >= 0.6 is 0 Å². The van der Waals surface area contributed by atoms with Gasteiger partial charge in [0.2, 0.25) is 5.75 Å². The zero-order valence-corrected chi connectivity index (χ0v) is 16.7. The summed E-state index contributed by atoms with van der Waals surface area (Å²) < 4.78 is 23.1. The normalized spacial score (nSPS) is 11.6. The van der Waals surface area contributed by atoms with Gasteiger partial charge in [-0.2, -0.15) is 0 Å². The second-order valence-corrected chi connectivity index (χ2v) is 6.82. The molecule has 0 atom stereocenters. The van der Waals surface area contributed by atoms with Gasteiger partial charge in [-0.05, 0) is 36.8 Å². The average Bonchev–Trinajstić information content (AvgIpc) is 2.80. The van der Waals surface area contributed by atoms with Gasteiger partial charge < -0.3 is 18.9 Å². The number of nitrogens with zero attached hydrogens (tertiary/aromatic N) is 2. The minimum atomic E-state index is -0.478. The third-order valence-corrected chi connectivity index (χ3v) is 4.68. The molecule has 0 aliphatic carbocycles. The third kappa shape index (κ3) is 3.73. The van der Waals surface area contributed by atoms with Crippen LogP contribution in [0, 0.1) is 0 Å². The minimum Gasteiger partial charge on any atom is -0.485 e. The Bertz CT molecular complexity index is 1270. The molecule has 0 saturated carbocycles. The fraction of sp³-hybridized carbons (Fsp3) is 0.125. The van der Waals surface area contributed by atoms with Crippen molar-refractivity contribution in [3.8, 4) is 29.0 Å². The molecule has 4 aromatic rings. The van der Waals surface area contributed by atoms with Gasteiger partial charge >= 0.3 is 5.97 Å². The highest BCUT2D eigenvalue weighted by Crippen LogP contribution is 2.49. The topological polar surface area (TPSA) is 79.8 Å². The number of fused-ring (bicyclic) bond motifs is 3. The molecule has 7 nitrogen and oxygen atoms in total. The SMILES string of the molecule is CCOC(=O)c1cc(OCc2ccccc2)c2c(c1)Oc1nc3ccccc3nc1O2. The Labute approximate surface area is 178 Å². The summed E-state index contributed by atoms with van der Waals surface area (Å²) in [5, 5.41) is 0. The van der Waals surface area contributed by atoms with E-state index in [2.05, 4.69) is 9.97 Å². The second-order valence-electron chi connectivity index (χ2n) is 6.82. The molecule has 3 aromatic carbocycles. The van der Waals surface area contributed by atoms with Crippen molar-refractivity contribution in [3.05, 3.63) is 77.9 Å². The van der Waals surface area contributed by atoms with Crippen LogP contribution in [0.15, 0.2) is 66.7 Å². The Balaban J connectivity index is 1.54. The highest BCUT2D eigenvalue weighted by molar-refractivity contribution is 5.91. The lowest BCUT2D eigenvalue weighted by Gasteiger charge is -2.22. The summed E-state index contributed by atoms with van der Waals surface area (Å²) in [5.74, 6) is 0.978. The van der Waals surface area contributed by atoms with Crippen LogP contribution in [-0.2, 0) is 11.3 Å². The number of benzene rings is 3. The van der Waals surface area contributed by atoms with Gasteiger partial charge in [0.1, 0.15) is 6.61 Å². The van der Waals surface area contributed by atoms with E-state index in [0.717, 1.165) is 5.56 Å². The molecular weight excluding hydrogens is 396 g/mol. The first kappa shape index (κ1) is 18.9. The zero-order chi connectivity index (χ0) is 21.2. The Hall–Kier alpha value is -4.13. The van der Waals surface area contributed by atoms with Gasteiger partial charge in [-0.3, -0.25) is 0 Å². The van der Waals surface area contributed by atoms with Crippen LogP contribution in [0.5, 0.6) is 29.0 Å². The largest absolute Gasteiger partial charge is 0.485 e. The summed E-state index contributed by atoms with van der Waals surface area (Å²) in [7, 11) is 0. The van der Waals surface area contributed by atoms with Crippen molar-refractivity contribution in [1.82, 2.24) is 9.97 Å². The Morgan fingerprint density at radius 2 is 1.58 bits per heavy atom. The molecule has 1 aliphatic rings. The maximum Gasteiger partial charge on any atom is 0.338 e. The summed E-state index contributed by atoms with van der Waals surface area (Å²) in [6.45, 7) is 2.30. The lowest BCUT2D eigenvalue weighted by Crippen LogP contribution is -2.10. The monoisotopic (exact) mass is 414 g/mol. The molecule has 7 heteroatoms. The van der Waals surface area contributed by atoms with Crippen LogP contribution in [0.4, 0.5) is 0 Å². The average molecular weight is 414 g/mol. The first-order valence-electron chi connectivity index (χ1n) is 9.85. The maximum atomic E-state index is 12.4. The fourth-order valence-electron chi connectivity index (χ4n) is 3.23. The van der Waals surface area contributed by atoms with Gasteiger partial charge in [0.15, 0.2) is 11.5 Å². The van der Waals surface area contributed by atoms with Crippen LogP contribution < -0.4 is 14.2 Å². The molecule has 0 bridgehead atoms. The molecular formula is C24H18N2O5. The lowest BCUT2D eigenvalue weighted by atomic mass is 10.1. The van der Waals surface area contributed by atoms with E-state index >= 15 is 0 Å². The first-order valence-corrected chi connectivity index (χ1v) is 9.85. The molecule has 0 amide bonds. The minimum absolute atomic E-state index is 0.223. The standard InChI is InChI=1S/C24H18N2O5/c1-2-28-24(27)16-12-19(29-14-15-8-4-3-5-9-15)21-20(13-16)30-22-23(31-21)26-18-11-7-6-10-17(18)25-22/h3-13H,2,14H2,1H3. The Morgan fingerprint density at radius 1 is 0.903 bits per heavy atom. The number of rotatable bonds is 5. The molecule has 5 rings (SSSR count). The summed E-state index contributed by atoms with van der Waals surface area (Å²) in [4.78, 5) is 21.4. The second kappa shape index (κ2) is 7.95. The molecule has 1 aromatic heterocycles. The number of carbonyl (C=O) groups is 1. The number of carbonyl (C=O) groups excluding carboxylic acids is 1. The van der Waals surface area contributed by atoms with E-state index in [4.69, 9.17) is 18.9 Å². The summed E-state index contributed by atoms with van der Waals surface area (Å²) in [6.07, 6.45) is 0. The summed E-state index contributed by atoms with van der Waals surface area (Å²) >= 11 is 0. The van der Waals surface area contributed by atoms with E-state index in [1.165, 1.54) is 0 Å². The number of para-hydroxylation sites is 2. The molecule has 0 fully saturated rings. The Morgan fingerprint density at radius 3 is 2.29 bits per heavy atom. The molecule has 0 unspecified atom stereocenters. The van der Waals surface area contributed by atoms with E-state index < -0.39 is 5.97 Å².